The zero-order valence-corrected chi connectivity index (χ0v) is 19.5. The first kappa shape index (κ1) is 26.9. The van der Waals surface area contributed by atoms with Gasteiger partial charge >= 0.3 is 12.1 Å². The average molecular weight is 511 g/mol. The number of morpholine rings is 1. The highest BCUT2D eigenvalue weighted by atomic mass is 19.4. The first-order valence-electron chi connectivity index (χ1n) is 10.8. The number of ether oxygens (including phenoxy) is 1. The van der Waals surface area contributed by atoms with Gasteiger partial charge in [0.05, 0.1) is 24.6 Å². The molecule has 1 atom stereocenters. The first-order chi connectivity index (χ1) is 17.0. The van der Waals surface area contributed by atoms with E-state index in [4.69, 9.17) is 14.6 Å². The van der Waals surface area contributed by atoms with E-state index in [1.807, 2.05) is 36.1 Å². The van der Waals surface area contributed by atoms with Crippen LogP contribution >= 0.6 is 0 Å². The Morgan fingerprint density at radius 1 is 1.19 bits per heavy atom. The van der Waals surface area contributed by atoms with Crippen LogP contribution in [0, 0.1) is 5.82 Å². The molecule has 0 aliphatic carbocycles. The number of rotatable bonds is 5. The summed E-state index contributed by atoms with van der Waals surface area (Å²) in [5.41, 5.74) is 1.14. The van der Waals surface area contributed by atoms with E-state index in [9.17, 15) is 22.4 Å². The van der Waals surface area contributed by atoms with E-state index in [-0.39, 0.29) is 17.8 Å². The van der Waals surface area contributed by atoms with Crippen molar-refractivity contribution in [3.8, 4) is 11.5 Å². The minimum absolute atomic E-state index is 0.0233. The molecule has 3 heterocycles. The second-order valence-electron chi connectivity index (χ2n) is 8.10. The number of carboxylic acids is 1. The highest BCUT2D eigenvalue weighted by molar-refractivity contribution is 5.97. The first-order valence-corrected chi connectivity index (χ1v) is 10.8. The lowest BCUT2D eigenvalue weighted by atomic mass is 10.2. The Morgan fingerprint density at radius 3 is 2.36 bits per heavy atom. The number of hydrogen-bond acceptors (Lipinski definition) is 5. The number of carboxylic acid groups (broad SMARTS) is 1. The molecule has 0 radical (unpaired) electrons. The van der Waals surface area contributed by atoms with Crippen LogP contribution in [0.4, 0.5) is 17.6 Å². The minimum atomic E-state index is -5.08. The Morgan fingerprint density at radius 2 is 1.81 bits per heavy atom. The minimum Gasteiger partial charge on any atom is -0.475 e. The van der Waals surface area contributed by atoms with Crippen molar-refractivity contribution in [1.29, 1.82) is 0 Å². The maximum atomic E-state index is 13.4. The van der Waals surface area contributed by atoms with Crippen LogP contribution in [0.15, 0.2) is 55.0 Å². The molecule has 1 fully saturated rings. The molecule has 9 nitrogen and oxygen atoms in total. The molecule has 1 amide bonds. The normalized spacial score (nSPS) is 16.2. The number of amides is 1. The molecule has 4 rings (SSSR count). The number of aliphatic carboxylic acids is 1. The molecular weight excluding hydrogens is 486 g/mol. The van der Waals surface area contributed by atoms with Crippen LogP contribution in [0.1, 0.15) is 10.4 Å². The van der Waals surface area contributed by atoms with Gasteiger partial charge in [0, 0.05) is 39.1 Å². The third-order valence-corrected chi connectivity index (χ3v) is 5.30. The molecule has 194 valence electrons. The van der Waals surface area contributed by atoms with Crippen LogP contribution in [-0.2, 0) is 9.53 Å². The van der Waals surface area contributed by atoms with Crippen LogP contribution in [0.2, 0.25) is 0 Å². The number of likely N-dealkylation sites (N-methyl/N-ethyl adjacent to an activating group) is 2. The summed E-state index contributed by atoms with van der Waals surface area (Å²) >= 11 is 0. The molecular formula is C23H25F4N5O4. The van der Waals surface area contributed by atoms with Crippen LogP contribution in [-0.4, -0.2) is 93.7 Å². The second-order valence-corrected chi connectivity index (χ2v) is 8.10. The molecule has 1 aromatic carbocycles. The highest BCUT2D eigenvalue weighted by Gasteiger charge is 2.38. The molecule has 3 aromatic rings. The summed E-state index contributed by atoms with van der Waals surface area (Å²) in [7, 11) is 3.82. The number of nitrogens with zero attached hydrogens (tertiary/aromatic N) is 5. The van der Waals surface area contributed by atoms with Gasteiger partial charge in [0.15, 0.2) is 5.82 Å². The molecule has 0 bridgehead atoms. The van der Waals surface area contributed by atoms with E-state index in [1.165, 1.54) is 12.1 Å². The van der Waals surface area contributed by atoms with Gasteiger partial charge in [0.2, 0.25) is 0 Å². The Kier molecular flexibility index (Phi) is 8.48. The molecule has 1 saturated heterocycles. The van der Waals surface area contributed by atoms with Crippen molar-refractivity contribution in [2.24, 2.45) is 0 Å². The largest absolute Gasteiger partial charge is 0.490 e. The van der Waals surface area contributed by atoms with Crippen molar-refractivity contribution in [1.82, 2.24) is 24.1 Å². The fraction of sp³-hybridized carbons (Fsp3) is 0.348. The number of carbonyl (C=O) groups excluding carboxylic acids is 1. The Balaban J connectivity index is 0.000000454. The molecule has 1 N–H and O–H groups in total. The smallest absolute Gasteiger partial charge is 0.475 e. The zero-order valence-electron chi connectivity index (χ0n) is 19.5. The number of aromatic nitrogens is 3. The third kappa shape index (κ3) is 6.70. The van der Waals surface area contributed by atoms with Gasteiger partial charge in [0.1, 0.15) is 11.4 Å². The number of hydrogen-bond donors (Lipinski definition) is 1. The van der Waals surface area contributed by atoms with Crippen molar-refractivity contribution < 1.29 is 37.0 Å². The summed E-state index contributed by atoms with van der Waals surface area (Å²) in [4.78, 5) is 26.0. The summed E-state index contributed by atoms with van der Waals surface area (Å²) in [6.07, 6.45) is 0.163. The van der Waals surface area contributed by atoms with E-state index < -0.39 is 12.1 Å². The summed E-state index contributed by atoms with van der Waals surface area (Å²) in [5, 5.41) is 11.5. The van der Waals surface area contributed by atoms with Gasteiger partial charge in [-0.1, -0.05) is 0 Å². The maximum Gasteiger partial charge on any atom is 0.490 e. The van der Waals surface area contributed by atoms with Crippen molar-refractivity contribution in [2.75, 3.05) is 40.3 Å². The van der Waals surface area contributed by atoms with Crippen LogP contribution in [0.3, 0.4) is 0 Å². The van der Waals surface area contributed by atoms with E-state index in [2.05, 4.69) is 10.00 Å². The molecule has 2 aromatic heterocycles. The lowest BCUT2D eigenvalue weighted by Crippen LogP contribution is -2.46. The number of halogens is 4. The number of carbonyl (C=O) groups is 2. The molecule has 1 aliphatic rings. The molecule has 1 unspecified atom stereocenters. The van der Waals surface area contributed by atoms with Gasteiger partial charge in [-0.15, -0.1) is 0 Å². The van der Waals surface area contributed by atoms with E-state index in [0.29, 0.717) is 30.2 Å². The fourth-order valence-corrected chi connectivity index (χ4v) is 3.56. The standard InChI is InChI=1S/C21H24FN5O2.C2HF3O2/c1-24-11-12-29-18(14-24)15-25(2)21(28)19-13-23-27(17-7-5-16(22)6-8-17)20(19)26-9-3-4-10-26;3-2(4,5)1(6)7/h3-10,13,18H,11-12,14-15H2,1-2H3;(H,6,7). The van der Waals surface area contributed by atoms with Gasteiger partial charge in [-0.05, 0) is 43.4 Å². The Bertz CT molecular complexity index is 1160. The van der Waals surface area contributed by atoms with Gasteiger partial charge < -0.3 is 24.2 Å². The Hall–Kier alpha value is -3.71. The molecule has 0 saturated carbocycles. The quantitative estimate of drug-likeness (QED) is 0.530. The SMILES string of the molecule is CN1CCOC(CN(C)C(=O)c2cnn(-c3ccc(F)cc3)c2-n2cccc2)C1.O=C(O)C(F)(F)F. The van der Waals surface area contributed by atoms with Gasteiger partial charge in [-0.25, -0.2) is 13.9 Å². The van der Waals surface area contributed by atoms with Crippen molar-refractivity contribution in [3.63, 3.8) is 0 Å². The molecule has 13 heteroatoms. The van der Waals surface area contributed by atoms with Gasteiger partial charge in [0.25, 0.3) is 5.91 Å². The van der Waals surface area contributed by atoms with Crippen LogP contribution < -0.4 is 0 Å². The lowest BCUT2D eigenvalue weighted by molar-refractivity contribution is -0.192. The van der Waals surface area contributed by atoms with Crippen LogP contribution in [0.25, 0.3) is 11.5 Å². The molecule has 36 heavy (non-hydrogen) atoms. The summed E-state index contributed by atoms with van der Waals surface area (Å²) in [5.74, 6) is -2.61. The maximum absolute atomic E-state index is 13.4. The zero-order chi connectivity index (χ0) is 26.5. The highest BCUT2D eigenvalue weighted by Crippen LogP contribution is 2.22. The van der Waals surface area contributed by atoms with Gasteiger partial charge in [-0.3, -0.25) is 4.79 Å². The van der Waals surface area contributed by atoms with E-state index in [0.717, 1.165) is 13.1 Å². The number of alkyl halides is 3. The van der Waals surface area contributed by atoms with Crippen LogP contribution in [0.5, 0.6) is 0 Å². The average Bonchev–Trinajstić information content (AvgIpc) is 3.49. The summed E-state index contributed by atoms with van der Waals surface area (Å²) in [6.45, 7) is 2.85. The fourth-order valence-electron chi connectivity index (χ4n) is 3.56. The molecule has 0 spiro atoms. The van der Waals surface area contributed by atoms with Crippen molar-refractivity contribution in [2.45, 2.75) is 12.3 Å². The van der Waals surface area contributed by atoms with Gasteiger partial charge in [-0.2, -0.15) is 18.3 Å². The number of benzene rings is 1. The monoisotopic (exact) mass is 511 g/mol. The topological polar surface area (TPSA) is 92.8 Å². The second kappa shape index (κ2) is 11.4. The summed E-state index contributed by atoms with van der Waals surface area (Å²) < 4.78 is 54.4. The molecule has 1 aliphatic heterocycles. The Labute approximate surface area is 204 Å². The third-order valence-electron chi connectivity index (χ3n) is 5.30. The predicted molar refractivity (Wildman–Crippen MR) is 121 cm³/mol. The summed E-state index contributed by atoms with van der Waals surface area (Å²) in [6, 6.07) is 9.79. The lowest BCUT2D eigenvalue weighted by Gasteiger charge is -2.32. The predicted octanol–water partition coefficient (Wildman–Crippen LogP) is 2.84. The van der Waals surface area contributed by atoms with Crippen molar-refractivity contribution >= 4 is 11.9 Å². The van der Waals surface area contributed by atoms with Crippen molar-refractivity contribution in [3.05, 3.63) is 66.4 Å². The van der Waals surface area contributed by atoms with E-state index in [1.54, 1.807) is 35.0 Å². The van der Waals surface area contributed by atoms with E-state index >= 15 is 0 Å².